The van der Waals surface area contributed by atoms with E-state index in [-0.39, 0.29) is 11.5 Å². The van der Waals surface area contributed by atoms with Gasteiger partial charge in [-0.3, -0.25) is 15.1 Å². The fourth-order valence-electron chi connectivity index (χ4n) is 1.64. The molecule has 0 aliphatic rings. The van der Waals surface area contributed by atoms with Crippen molar-refractivity contribution in [3.8, 4) is 0 Å². The second kappa shape index (κ2) is 3.65. The number of aryl methyl sites for hydroxylation is 1. The van der Waals surface area contributed by atoms with Gasteiger partial charge < -0.3 is 0 Å². The molecule has 4 heteroatoms. The summed E-state index contributed by atoms with van der Waals surface area (Å²) in [6.45, 7) is 1.80. The number of fused-ring (bicyclic) bond motifs is 1. The van der Waals surface area contributed by atoms with E-state index in [1.54, 1.807) is 12.3 Å². The third-order valence-corrected chi connectivity index (χ3v) is 2.37. The van der Waals surface area contributed by atoms with Gasteiger partial charge in [-0.1, -0.05) is 18.2 Å². The van der Waals surface area contributed by atoms with Crippen LogP contribution in [-0.4, -0.2) is 9.91 Å². The summed E-state index contributed by atoms with van der Waals surface area (Å²) in [7, 11) is 0. The van der Waals surface area contributed by atoms with E-state index in [1.165, 1.54) is 0 Å². The van der Waals surface area contributed by atoms with E-state index < -0.39 is 0 Å². The van der Waals surface area contributed by atoms with E-state index in [0.717, 1.165) is 16.5 Å². The molecule has 1 aromatic carbocycles. The first-order chi connectivity index (χ1) is 7.18. The monoisotopic (exact) mass is 202 g/mol. The Morgan fingerprint density at radius 3 is 2.93 bits per heavy atom. The van der Waals surface area contributed by atoms with Gasteiger partial charge in [0, 0.05) is 22.1 Å². The molecule has 0 unspecified atom stereocenters. The van der Waals surface area contributed by atoms with E-state index in [2.05, 4.69) is 4.98 Å². The SMILES string of the molecule is Cc1ccc(C[N+](=O)[O-])c2ncccc12. The van der Waals surface area contributed by atoms with Crippen molar-refractivity contribution in [2.75, 3.05) is 0 Å². The van der Waals surface area contributed by atoms with Crippen molar-refractivity contribution in [1.82, 2.24) is 4.98 Å². The van der Waals surface area contributed by atoms with Crippen molar-refractivity contribution in [2.45, 2.75) is 13.5 Å². The fourth-order valence-corrected chi connectivity index (χ4v) is 1.64. The maximum Gasteiger partial charge on any atom is 0.231 e. The average Bonchev–Trinajstić information content (AvgIpc) is 2.22. The molecule has 2 rings (SSSR count). The summed E-state index contributed by atoms with van der Waals surface area (Å²) in [6.07, 6.45) is 1.66. The van der Waals surface area contributed by atoms with E-state index in [9.17, 15) is 10.1 Å². The molecule has 0 fully saturated rings. The molecular formula is C11H10N2O2. The predicted molar refractivity (Wildman–Crippen MR) is 57.2 cm³/mol. The van der Waals surface area contributed by atoms with E-state index in [0.29, 0.717) is 5.56 Å². The Morgan fingerprint density at radius 1 is 1.40 bits per heavy atom. The molecule has 0 amide bonds. The highest BCUT2D eigenvalue weighted by molar-refractivity contribution is 5.84. The van der Waals surface area contributed by atoms with E-state index in [4.69, 9.17) is 0 Å². The Morgan fingerprint density at radius 2 is 2.20 bits per heavy atom. The second-order valence-corrected chi connectivity index (χ2v) is 3.43. The molecule has 0 aliphatic carbocycles. The summed E-state index contributed by atoms with van der Waals surface area (Å²) in [5.41, 5.74) is 2.49. The van der Waals surface area contributed by atoms with Gasteiger partial charge >= 0.3 is 0 Å². The number of rotatable bonds is 2. The smallest absolute Gasteiger partial charge is 0.231 e. The van der Waals surface area contributed by atoms with Crippen molar-refractivity contribution in [2.24, 2.45) is 0 Å². The molecule has 1 aromatic heterocycles. The van der Waals surface area contributed by atoms with Gasteiger partial charge in [-0.05, 0) is 18.6 Å². The number of pyridine rings is 1. The fraction of sp³-hybridized carbons (Fsp3) is 0.182. The van der Waals surface area contributed by atoms with Gasteiger partial charge in [-0.25, -0.2) is 0 Å². The number of benzene rings is 1. The number of nitro groups is 1. The molecule has 0 N–H and O–H groups in total. The summed E-state index contributed by atoms with van der Waals surface area (Å²) in [4.78, 5) is 14.3. The number of aromatic nitrogens is 1. The minimum absolute atomic E-state index is 0.173. The number of hydrogen-bond donors (Lipinski definition) is 0. The molecule has 0 saturated heterocycles. The van der Waals surface area contributed by atoms with Crippen LogP contribution in [0.4, 0.5) is 0 Å². The Bertz CT molecular complexity index is 523. The van der Waals surface area contributed by atoms with Gasteiger partial charge in [-0.2, -0.15) is 0 Å². The first-order valence-electron chi connectivity index (χ1n) is 4.63. The molecule has 76 valence electrons. The molecule has 0 aliphatic heterocycles. The first kappa shape index (κ1) is 9.58. The molecular weight excluding hydrogens is 192 g/mol. The standard InChI is InChI=1S/C11H10N2O2/c1-8-4-5-9(7-13(14)15)11-10(8)3-2-6-12-11/h2-6H,7H2,1H3. The third-order valence-electron chi connectivity index (χ3n) is 2.37. The van der Waals surface area contributed by atoms with E-state index >= 15 is 0 Å². The van der Waals surface area contributed by atoms with E-state index in [1.807, 2.05) is 25.1 Å². The van der Waals surface area contributed by atoms with Crippen LogP contribution in [0.25, 0.3) is 10.9 Å². The molecule has 0 spiro atoms. The molecule has 1 heterocycles. The summed E-state index contributed by atoms with van der Waals surface area (Å²) >= 11 is 0. The van der Waals surface area contributed by atoms with Crippen molar-refractivity contribution >= 4 is 10.9 Å². The highest BCUT2D eigenvalue weighted by Gasteiger charge is 2.08. The summed E-state index contributed by atoms with van der Waals surface area (Å²) in [6, 6.07) is 7.43. The molecule has 15 heavy (non-hydrogen) atoms. The molecule has 4 nitrogen and oxygen atoms in total. The van der Waals surface area contributed by atoms with Crippen LogP contribution in [0.2, 0.25) is 0 Å². The summed E-state index contributed by atoms with van der Waals surface area (Å²) < 4.78 is 0. The van der Waals surface area contributed by atoms with Gasteiger partial charge in [-0.15, -0.1) is 0 Å². The Kier molecular flexibility index (Phi) is 2.33. The highest BCUT2D eigenvalue weighted by Crippen LogP contribution is 2.20. The van der Waals surface area contributed by atoms with Crippen LogP contribution < -0.4 is 0 Å². The normalized spacial score (nSPS) is 10.5. The zero-order valence-corrected chi connectivity index (χ0v) is 8.30. The Labute approximate surface area is 86.7 Å². The van der Waals surface area contributed by atoms with Crippen molar-refractivity contribution in [3.05, 3.63) is 51.7 Å². The van der Waals surface area contributed by atoms with Gasteiger partial charge in [0.15, 0.2) is 0 Å². The molecule has 0 radical (unpaired) electrons. The lowest BCUT2D eigenvalue weighted by Gasteiger charge is -2.04. The number of hydrogen-bond acceptors (Lipinski definition) is 3. The first-order valence-corrected chi connectivity index (χ1v) is 4.63. The summed E-state index contributed by atoms with van der Waals surface area (Å²) in [5, 5.41) is 11.5. The van der Waals surface area contributed by atoms with Crippen LogP contribution in [0, 0.1) is 17.0 Å². The van der Waals surface area contributed by atoms with Gasteiger partial charge in [0.25, 0.3) is 0 Å². The van der Waals surface area contributed by atoms with Crippen LogP contribution >= 0.6 is 0 Å². The minimum Gasteiger partial charge on any atom is -0.264 e. The van der Waals surface area contributed by atoms with Crippen LogP contribution in [0.3, 0.4) is 0 Å². The lowest BCUT2D eigenvalue weighted by molar-refractivity contribution is -0.496. The molecule has 0 bridgehead atoms. The topological polar surface area (TPSA) is 56.0 Å². The Hall–Kier alpha value is -1.97. The van der Waals surface area contributed by atoms with Crippen LogP contribution in [0.15, 0.2) is 30.5 Å². The second-order valence-electron chi connectivity index (χ2n) is 3.43. The van der Waals surface area contributed by atoms with Crippen LogP contribution in [-0.2, 0) is 6.54 Å². The molecule has 2 aromatic rings. The lowest BCUT2D eigenvalue weighted by Crippen LogP contribution is -2.00. The van der Waals surface area contributed by atoms with Crippen molar-refractivity contribution in [3.63, 3.8) is 0 Å². The predicted octanol–water partition coefficient (Wildman–Crippen LogP) is 2.32. The highest BCUT2D eigenvalue weighted by atomic mass is 16.6. The maximum atomic E-state index is 10.5. The van der Waals surface area contributed by atoms with Gasteiger partial charge in [0.2, 0.25) is 6.54 Å². The van der Waals surface area contributed by atoms with Gasteiger partial charge in [0.1, 0.15) is 0 Å². The van der Waals surface area contributed by atoms with Crippen LogP contribution in [0.5, 0.6) is 0 Å². The zero-order valence-electron chi connectivity index (χ0n) is 8.30. The minimum atomic E-state index is -0.335. The number of nitrogens with zero attached hydrogens (tertiary/aromatic N) is 2. The quantitative estimate of drug-likeness (QED) is 0.554. The van der Waals surface area contributed by atoms with Gasteiger partial charge in [0.05, 0.1) is 5.52 Å². The maximum absolute atomic E-state index is 10.5. The third kappa shape index (κ3) is 1.79. The molecule has 0 saturated carbocycles. The van der Waals surface area contributed by atoms with Crippen molar-refractivity contribution < 1.29 is 4.92 Å². The van der Waals surface area contributed by atoms with Crippen LogP contribution in [0.1, 0.15) is 11.1 Å². The average molecular weight is 202 g/mol. The lowest BCUT2D eigenvalue weighted by atomic mass is 10.1. The Balaban J connectivity index is 2.66. The largest absolute Gasteiger partial charge is 0.264 e. The zero-order chi connectivity index (χ0) is 10.8. The van der Waals surface area contributed by atoms with Crippen molar-refractivity contribution in [1.29, 1.82) is 0 Å². The summed E-state index contributed by atoms with van der Waals surface area (Å²) in [5.74, 6) is 0. The molecule has 0 atom stereocenters.